The standard InChI is InChI=1S/C35H42O17/c1-15(36)48-21-12-32(43)31(7)24(23(26(41)46-8)49-16(2)37)29(5)14-33(31,44)35(52-18(4)39,28(29)50-17(3)38)27(42)34(32,45)20-11-22(40)51-25(30(20,21)6)19-9-10-47-13-19/h9-11,13,21,23-25,27-28,42-45H,12,14H2,1-8H3/t21-,23+,24-,25-,27+,28-,29+,30-,31+,32-,33+,34+,35-/m0/s1. The van der Waals surface area contributed by atoms with E-state index in [4.69, 9.17) is 32.8 Å². The fraction of sp³-hybridized carbons (Fsp3) is 0.657. The van der Waals surface area contributed by atoms with Crippen molar-refractivity contribution in [1.82, 2.24) is 0 Å². The lowest BCUT2D eigenvalue weighted by Crippen LogP contribution is -2.94. The Morgan fingerprint density at radius 3 is 2.08 bits per heavy atom. The molecule has 1 aliphatic heterocycles. The number of carbonyl (C=O) groups excluding carboxylic acids is 6. The van der Waals surface area contributed by atoms with E-state index in [9.17, 15) is 49.2 Å². The van der Waals surface area contributed by atoms with Crippen LogP contribution in [0.4, 0.5) is 0 Å². The molecular formula is C35H42O17. The summed E-state index contributed by atoms with van der Waals surface area (Å²) in [4.78, 5) is 78.5. The van der Waals surface area contributed by atoms with E-state index in [0.717, 1.165) is 40.9 Å². The predicted octanol–water partition coefficient (Wildman–Crippen LogP) is 0.0978. The number of fused-ring (bicyclic) bond motifs is 5. The summed E-state index contributed by atoms with van der Waals surface area (Å²) < 4.78 is 39.1. The lowest BCUT2D eigenvalue weighted by Gasteiger charge is -2.76. The quantitative estimate of drug-likeness (QED) is 0.214. The highest BCUT2D eigenvalue weighted by Gasteiger charge is 2.99. The molecule has 0 unspecified atom stereocenters. The van der Waals surface area contributed by atoms with E-state index in [2.05, 4.69) is 0 Å². The van der Waals surface area contributed by atoms with Gasteiger partial charge in [0, 0.05) is 62.5 Å². The van der Waals surface area contributed by atoms with E-state index in [1.54, 1.807) is 0 Å². The maximum atomic E-state index is 13.6. The van der Waals surface area contributed by atoms with Crippen LogP contribution in [-0.2, 0) is 57.2 Å². The zero-order valence-corrected chi connectivity index (χ0v) is 29.8. The lowest BCUT2D eigenvalue weighted by molar-refractivity contribution is -0.421. The number of aliphatic hydroxyl groups is 4. The topological polar surface area (TPSA) is 252 Å². The Morgan fingerprint density at radius 1 is 0.923 bits per heavy atom. The molecule has 17 nitrogen and oxygen atoms in total. The molecule has 0 amide bonds. The fourth-order valence-electron chi connectivity index (χ4n) is 11.2. The summed E-state index contributed by atoms with van der Waals surface area (Å²) >= 11 is 0. The van der Waals surface area contributed by atoms with Crippen LogP contribution in [0.3, 0.4) is 0 Å². The van der Waals surface area contributed by atoms with E-state index >= 15 is 0 Å². The first-order valence-corrected chi connectivity index (χ1v) is 16.6. The van der Waals surface area contributed by atoms with E-state index in [-0.39, 0.29) is 5.56 Å². The van der Waals surface area contributed by atoms with Gasteiger partial charge >= 0.3 is 35.8 Å². The molecule has 0 spiro atoms. The highest BCUT2D eigenvalue weighted by atomic mass is 16.6. The van der Waals surface area contributed by atoms with Crippen LogP contribution in [0, 0.1) is 22.2 Å². The lowest BCUT2D eigenvalue weighted by atomic mass is 9.34. The Kier molecular flexibility index (Phi) is 8.16. The molecule has 13 atom stereocenters. The summed E-state index contributed by atoms with van der Waals surface area (Å²) in [5.74, 6) is -7.92. The van der Waals surface area contributed by atoms with Crippen LogP contribution in [0.5, 0.6) is 0 Å². The zero-order chi connectivity index (χ0) is 38.8. The van der Waals surface area contributed by atoms with Gasteiger partial charge in [0.25, 0.3) is 0 Å². The molecule has 5 aliphatic rings. The van der Waals surface area contributed by atoms with E-state index in [0.29, 0.717) is 0 Å². The van der Waals surface area contributed by atoms with E-state index < -0.39 is 129 Å². The molecule has 1 aromatic rings. The number of carbonyl (C=O) groups is 6. The van der Waals surface area contributed by atoms with Crippen molar-refractivity contribution >= 4 is 35.8 Å². The van der Waals surface area contributed by atoms with Gasteiger partial charge in [0.1, 0.15) is 35.1 Å². The van der Waals surface area contributed by atoms with Crippen LogP contribution in [0.25, 0.3) is 0 Å². The Bertz CT molecular complexity index is 1790. The first kappa shape index (κ1) is 37.4. The molecule has 0 radical (unpaired) electrons. The molecule has 6 rings (SSSR count). The van der Waals surface area contributed by atoms with Crippen LogP contribution in [-0.4, -0.2) is 110 Å². The summed E-state index contributed by atoms with van der Waals surface area (Å²) in [5, 5.41) is 53.1. The van der Waals surface area contributed by atoms with Gasteiger partial charge in [-0.1, -0.05) is 13.8 Å². The first-order chi connectivity index (χ1) is 24.0. The summed E-state index contributed by atoms with van der Waals surface area (Å²) in [7, 11) is 0.991. The van der Waals surface area contributed by atoms with E-state index in [1.165, 1.54) is 39.4 Å². The fourth-order valence-corrected chi connectivity index (χ4v) is 11.2. The number of esters is 6. The maximum Gasteiger partial charge on any atom is 0.347 e. The highest BCUT2D eigenvalue weighted by Crippen LogP contribution is 2.83. The minimum absolute atomic E-state index is 0.226. The average Bonchev–Trinajstić information content (AvgIpc) is 3.68. The van der Waals surface area contributed by atoms with Gasteiger partial charge in [0.15, 0.2) is 6.10 Å². The molecular weight excluding hydrogens is 692 g/mol. The van der Waals surface area contributed by atoms with Crippen LogP contribution in [0.2, 0.25) is 0 Å². The third-order valence-electron chi connectivity index (χ3n) is 12.7. The SMILES string of the molecule is COC(=O)[C@H](OC(C)=O)[C@H]1[C@@]2(C)C[C@]3(O)[C@@](OC(C)=O)([C@H]2OC(C)=O)[C@H](O)[C@]2(O)C4=CC(=O)O[C@@H](c5ccoc5)[C@]4(C)[C@@H](OC(C)=O)C[C@]2(O)[C@@]13C. The van der Waals surface area contributed by atoms with Crippen molar-refractivity contribution in [3.05, 3.63) is 35.8 Å². The van der Waals surface area contributed by atoms with E-state index in [1.807, 2.05) is 0 Å². The number of ether oxygens (including phenoxy) is 6. The van der Waals surface area contributed by atoms with Gasteiger partial charge in [-0.05, 0) is 25.0 Å². The number of methoxy groups -OCH3 is 1. The monoisotopic (exact) mass is 734 g/mol. The third kappa shape index (κ3) is 4.13. The molecule has 1 aromatic heterocycles. The molecule has 4 fully saturated rings. The second kappa shape index (κ2) is 11.3. The normalized spacial score (nSPS) is 44.6. The van der Waals surface area contributed by atoms with Crippen LogP contribution in [0.15, 0.2) is 34.7 Å². The Hall–Kier alpha value is -4.32. The number of hydrogen-bond donors (Lipinski definition) is 4. The predicted molar refractivity (Wildman–Crippen MR) is 167 cm³/mol. The Balaban J connectivity index is 1.78. The number of aliphatic hydroxyl groups excluding tert-OH is 1. The minimum Gasteiger partial charge on any atom is -0.472 e. The molecule has 2 heterocycles. The molecule has 17 heteroatoms. The number of cyclic esters (lactones) is 1. The Morgan fingerprint density at radius 2 is 1.56 bits per heavy atom. The second-order valence-electron chi connectivity index (χ2n) is 15.2. The van der Waals surface area contributed by atoms with Crippen molar-refractivity contribution in [3.8, 4) is 0 Å². The minimum atomic E-state index is -3.20. The van der Waals surface area contributed by atoms with Gasteiger partial charge in [0.05, 0.1) is 25.1 Å². The molecule has 4 N–H and O–H groups in total. The zero-order valence-electron chi connectivity index (χ0n) is 29.8. The second-order valence-corrected chi connectivity index (χ2v) is 15.2. The molecule has 2 bridgehead atoms. The van der Waals surface area contributed by atoms with Crippen molar-refractivity contribution in [2.24, 2.45) is 22.2 Å². The van der Waals surface area contributed by atoms with Crippen molar-refractivity contribution in [2.45, 2.75) is 114 Å². The smallest absolute Gasteiger partial charge is 0.347 e. The van der Waals surface area contributed by atoms with Gasteiger partial charge in [0.2, 0.25) is 11.7 Å². The molecule has 0 aromatic carbocycles. The maximum absolute atomic E-state index is 13.6. The highest BCUT2D eigenvalue weighted by molar-refractivity contribution is 5.86. The number of hydrogen-bond acceptors (Lipinski definition) is 17. The van der Waals surface area contributed by atoms with Gasteiger partial charge in [-0.15, -0.1) is 0 Å². The van der Waals surface area contributed by atoms with Crippen molar-refractivity contribution in [2.75, 3.05) is 7.11 Å². The van der Waals surface area contributed by atoms with Crippen LogP contribution >= 0.6 is 0 Å². The van der Waals surface area contributed by atoms with Crippen molar-refractivity contribution in [3.63, 3.8) is 0 Å². The van der Waals surface area contributed by atoms with Crippen LogP contribution < -0.4 is 0 Å². The summed E-state index contributed by atoms with van der Waals surface area (Å²) in [6.07, 6.45) is -7.56. The molecule has 4 aliphatic carbocycles. The summed E-state index contributed by atoms with van der Waals surface area (Å²) in [6, 6.07) is 1.45. The van der Waals surface area contributed by atoms with Gasteiger partial charge in [-0.2, -0.15) is 0 Å². The molecule has 284 valence electrons. The van der Waals surface area contributed by atoms with Crippen molar-refractivity contribution < 1.29 is 82.0 Å². The summed E-state index contributed by atoms with van der Waals surface area (Å²) in [6.45, 7) is 8.08. The number of furan rings is 1. The molecule has 4 saturated carbocycles. The van der Waals surface area contributed by atoms with Crippen molar-refractivity contribution in [1.29, 1.82) is 0 Å². The first-order valence-electron chi connectivity index (χ1n) is 16.6. The average molecular weight is 735 g/mol. The van der Waals surface area contributed by atoms with Gasteiger partial charge in [-0.3, -0.25) is 19.2 Å². The summed E-state index contributed by atoms with van der Waals surface area (Å²) in [5.41, 5.74) is -18.1. The van der Waals surface area contributed by atoms with Gasteiger partial charge in [-0.25, -0.2) is 9.59 Å². The van der Waals surface area contributed by atoms with Gasteiger partial charge < -0.3 is 53.3 Å². The largest absolute Gasteiger partial charge is 0.472 e. The Labute approximate surface area is 297 Å². The van der Waals surface area contributed by atoms with Crippen LogP contribution in [0.1, 0.15) is 73.0 Å². The molecule has 0 saturated heterocycles. The molecule has 52 heavy (non-hydrogen) atoms. The number of rotatable bonds is 7. The third-order valence-corrected chi connectivity index (χ3v) is 12.7.